The Labute approximate surface area is 121 Å². The van der Waals surface area contributed by atoms with E-state index in [1.807, 2.05) is 0 Å². The number of benzene rings is 1. The van der Waals surface area contributed by atoms with E-state index in [4.69, 9.17) is 0 Å². The highest BCUT2D eigenvalue weighted by atomic mass is 16.4. The van der Waals surface area contributed by atoms with Gasteiger partial charge in [-0.3, -0.25) is 4.79 Å². The SMILES string of the molecule is Cc1ccc(C2(C(=O)O)CCCCC2)c2c1CCCC2. The number of carbonyl (C=O) groups is 1. The van der Waals surface area contributed by atoms with Crippen LogP contribution in [0.15, 0.2) is 12.1 Å². The van der Waals surface area contributed by atoms with Crippen molar-refractivity contribution >= 4 is 5.97 Å². The molecule has 2 aliphatic rings. The third-order valence-electron chi connectivity index (χ3n) is 5.40. The molecule has 0 radical (unpaired) electrons. The van der Waals surface area contributed by atoms with Gasteiger partial charge in [0.15, 0.2) is 0 Å². The van der Waals surface area contributed by atoms with E-state index < -0.39 is 11.4 Å². The average Bonchev–Trinajstić information content (AvgIpc) is 2.48. The van der Waals surface area contributed by atoms with Gasteiger partial charge in [0.25, 0.3) is 0 Å². The highest BCUT2D eigenvalue weighted by Crippen LogP contribution is 2.43. The summed E-state index contributed by atoms with van der Waals surface area (Å²) >= 11 is 0. The van der Waals surface area contributed by atoms with E-state index in [0.29, 0.717) is 0 Å². The lowest BCUT2D eigenvalue weighted by atomic mass is 9.66. The molecule has 1 aromatic carbocycles. The molecule has 0 saturated heterocycles. The number of carboxylic acid groups (broad SMARTS) is 1. The lowest BCUT2D eigenvalue weighted by Crippen LogP contribution is -2.39. The minimum absolute atomic E-state index is 0.603. The van der Waals surface area contributed by atoms with Crippen molar-refractivity contribution < 1.29 is 9.90 Å². The second kappa shape index (κ2) is 5.23. The fourth-order valence-corrected chi connectivity index (χ4v) is 4.25. The molecule has 108 valence electrons. The number of hydrogen-bond donors (Lipinski definition) is 1. The molecule has 0 aromatic heterocycles. The predicted molar refractivity (Wildman–Crippen MR) is 80.2 cm³/mol. The summed E-state index contributed by atoms with van der Waals surface area (Å²) in [7, 11) is 0. The normalized spacial score (nSPS) is 21.2. The number of rotatable bonds is 2. The minimum atomic E-state index is -0.604. The van der Waals surface area contributed by atoms with Gasteiger partial charge >= 0.3 is 5.97 Å². The van der Waals surface area contributed by atoms with Gasteiger partial charge in [-0.2, -0.15) is 0 Å². The van der Waals surface area contributed by atoms with Crippen LogP contribution in [0.4, 0.5) is 0 Å². The molecule has 2 aliphatic carbocycles. The molecule has 1 N–H and O–H groups in total. The van der Waals surface area contributed by atoms with Crippen LogP contribution in [-0.4, -0.2) is 11.1 Å². The maximum absolute atomic E-state index is 12.0. The zero-order valence-corrected chi connectivity index (χ0v) is 12.4. The van der Waals surface area contributed by atoms with Gasteiger partial charge < -0.3 is 5.11 Å². The van der Waals surface area contributed by atoms with Crippen molar-refractivity contribution in [3.05, 3.63) is 34.4 Å². The van der Waals surface area contributed by atoms with Gasteiger partial charge in [0.2, 0.25) is 0 Å². The van der Waals surface area contributed by atoms with Crippen molar-refractivity contribution in [2.75, 3.05) is 0 Å². The first-order valence-electron chi connectivity index (χ1n) is 8.00. The third kappa shape index (κ3) is 2.06. The largest absolute Gasteiger partial charge is 0.481 e. The van der Waals surface area contributed by atoms with Crippen LogP contribution >= 0.6 is 0 Å². The molecule has 0 aliphatic heterocycles. The lowest BCUT2D eigenvalue weighted by Gasteiger charge is -2.37. The topological polar surface area (TPSA) is 37.3 Å². The maximum Gasteiger partial charge on any atom is 0.314 e. The van der Waals surface area contributed by atoms with Crippen molar-refractivity contribution in [3.63, 3.8) is 0 Å². The summed E-state index contributed by atoms with van der Waals surface area (Å²) in [4.78, 5) is 12.0. The van der Waals surface area contributed by atoms with Crippen LogP contribution in [0.3, 0.4) is 0 Å². The van der Waals surface area contributed by atoms with E-state index in [9.17, 15) is 9.90 Å². The fourth-order valence-electron chi connectivity index (χ4n) is 4.25. The van der Waals surface area contributed by atoms with Gasteiger partial charge in [0.05, 0.1) is 5.41 Å². The monoisotopic (exact) mass is 272 g/mol. The van der Waals surface area contributed by atoms with Crippen LogP contribution in [0.1, 0.15) is 67.2 Å². The number of aryl methyl sites for hydroxylation is 1. The fraction of sp³-hybridized carbons (Fsp3) is 0.611. The summed E-state index contributed by atoms with van der Waals surface area (Å²) in [5.41, 5.74) is 4.71. The standard InChI is InChI=1S/C18H24O2/c1-13-9-10-16(15-8-4-3-7-14(13)15)18(17(19)20)11-5-2-6-12-18/h9-10H,2-8,11-12H2,1H3,(H,19,20). The van der Waals surface area contributed by atoms with Crippen molar-refractivity contribution in [1.29, 1.82) is 0 Å². The van der Waals surface area contributed by atoms with Crippen LogP contribution in [-0.2, 0) is 23.1 Å². The van der Waals surface area contributed by atoms with E-state index in [0.717, 1.165) is 44.1 Å². The first kappa shape index (κ1) is 13.7. The summed E-state index contributed by atoms with van der Waals surface area (Å²) in [6.45, 7) is 2.17. The maximum atomic E-state index is 12.0. The molecule has 2 heteroatoms. The molecule has 20 heavy (non-hydrogen) atoms. The predicted octanol–water partition coefficient (Wildman–Crippen LogP) is 4.16. The molecule has 0 heterocycles. The van der Waals surface area contributed by atoms with Gasteiger partial charge in [0.1, 0.15) is 0 Å². The Bertz CT molecular complexity index is 524. The highest BCUT2D eigenvalue weighted by Gasteiger charge is 2.43. The van der Waals surface area contributed by atoms with E-state index in [1.54, 1.807) is 0 Å². The number of aliphatic carboxylic acids is 1. The summed E-state index contributed by atoms with van der Waals surface area (Å²) in [5.74, 6) is -0.603. The molecule has 1 aromatic rings. The van der Waals surface area contributed by atoms with Crippen molar-refractivity contribution in [2.45, 2.75) is 70.1 Å². The Morgan fingerprint density at radius 1 is 1.00 bits per heavy atom. The Balaban J connectivity index is 2.14. The van der Waals surface area contributed by atoms with Crippen LogP contribution in [0.5, 0.6) is 0 Å². The van der Waals surface area contributed by atoms with Crippen molar-refractivity contribution in [3.8, 4) is 0 Å². The Kier molecular flexibility index (Phi) is 3.57. The zero-order valence-electron chi connectivity index (χ0n) is 12.4. The van der Waals surface area contributed by atoms with Gasteiger partial charge in [-0.15, -0.1) is 0 Å². The molecule has 3 rings (SSSR count). The molecule has 1 saturated carbocycles. The first-order chi connectivity index (χ1) is 9.65. The number of fused-ring (bicyclic) bond motifs is 1. The molecular weight excluding hydrogens is 248 g/mol. The van der Waals surface area contributed by atoms with E-state index >= 15 is 0 Å². The molecule has 0 amide bonds. The van der Waals surface area contributed by atoms with E-state index in [1.165, 1.54) is 36.0 Å². The van der Waals surface area contributed by atoms with E-state index in [-0.39, 0.29) is 0 Å². The van der Waals surface area contributed by atoms with Gasteiger partial charge in [-0.05, 0) is 67.7 Å². The molecular formula is C18H24O2. The second-order valence-corrected chi connectivity index (χ2v) is 6.54. The summed E-state index contributed by atoms with van der Waals surface area (Å²) in [6, 6.07) is 4.28. The summed E-state index contributed by atoms with van der Waals surface area (Å²) in [6.07, 6.45) is 9.57. The van der Waals surface area contributed by atoms with Crippen molar-refractivity contribution in [2.24, 2.45) is 0 Å². The van der Waals surface area contributed by atoms with Crippen molar-refractivity contribution in [1.82, 2.24) is 0 Å². The van der Waals surface area contributed by atoms with Gasteiger partial charge in [0, 0.05) is 0 Å². The smallest absolute Gasteiger partial charge is 0.314 e. The van der Waals surface area contributed by atoms with E-state index in [2.05, 4.69) is 19.1 Å². The molecule has 0 unspecified atom stereocenters. The summed E-state index contributed by atoms with van der Waals surface area (Å²) in [5, 5.41) is 9.91. The minimum Gasteiger partial charge on any atom is -0.481 e. The Morgan fingerprint density at radius 3 is 2.30 bits per heavy atom. The summed E-state index contributed by atoms with van der Waals surface area (Å²) < 4.78 is 0. The molecule has 2 nitrogen and oxygen atoms in total. The first-order valence-corrected chi connectivity index (χ1v) is 8.00. The average molecular weight is 272 g/mol. The molecule has 0 bridgehead atoms. The van der Waals surface area contributed by atoms with Crippen LogP contribution in [0.2, 0.25) is 0 Å². The third-order valence-corrected chi connectivity index (χ3v) is 5.40. The zero-order chi connectivity index (χ0) is 14.2. The Hall–Kier alpha value is -1.31. The number of carboxylic acids is 1. The molecule has 1 fully saturated rings. The van der Waals surface area contributed by atoms with Crippen LogP contribution in [0, 0.1) is 6.92 Å². The van der Waals surface area contributed by atoms with Crippen LogP contribution in [0.25, 0.3) is 0 Å². The van der Waals surface area contributed by atoms with Gasteiger partial charge in [-0.25, -0.2) is 0 Å². The van der Waals surface area contributed by atoms with Gasteiger partial charge in [-0.1, -0.05) is 31.4 Å². The molecule has 0 spiro atoms. The Morgan fingerprint density at radius 2 is 1.65 bits per heavy atom. The lowest BCUT2D eigenvalue weighted by molar-refractivity contribution is -0.145. The highest BCUT2D eigenvalue weighted by molar-refractivity contribution is 5.82. The number of hydrogen-bond acceptors (Lipinski definition) is 1. The molecule has 0 atom stereocenters. The van der Waals surface area contributed by atoms with Crippen LogP contribution < -0.4 is 0 Å². The quantitative estimate of drug-likeness (QED) is 0.877. The second-order valence-electron chi connectivity index (χ2n) is 6.54.